The van der Waals surface area contributed by atoms with Crippen LogP contribution in [0.3, 0.4) is 0 Å². The van der Waals surface area contributed by atoms with Gasteiger partial charge in [0, 0.05) is 15.7 Å². The number of unbranched alkanes of at least 4 members (excludes halogenated alkanes) is 1. The van der Waals surface area contributed by atoms with Gasteiger partial charge in [-0.05, 0) is 0 Å². The fraction of sp³-hybridized carbons (Fsp3) is 0.778. The molecule has 0 saturated heterocycles. The largest absolute Gasteiger partial charge is 0.481 e. The first-order valence-electron chi connectivity index (χ1n) is 5.03. The highest BCUT2D eigenvalue weighted by molar-refractivity contribution is 6.55. The van der Waals surface area contributed by atoms with Crippen molar-refractivity contribution in [1.82, 2.24) is 0 Å². The fourth-order valence-corrected chi connectivity index (χ4v) is 1.84. The molecule has 0 aliphatic carbocycles. The quantitative estimate of drug-likeness (QED) is 0.334. The van der Waals surface area contributed by atoms with Crippen LogP contribution in [0.4, 0.5) is 0 Å². The topological polar surface area (TPSA) is 113 Å². The third-order valence-electron chi connectivity index (χ3n) is 1.14. The number of hydrogen-bond acceptors (Lipinski definition) is 2. The van der Waals surface area contributed by atoms with Crippen molar-refractivity contribution in [2.75, 3.05) is 0 Å². The molecule has 0 aromatic rings. The van der Waals surface area contributed by atoms with Crippen molar-refractivity contribution in [2.45, 2.75) is 45.8 Å². The molecule has 0 unspecified atom stereocenters. The van der Waals surface area contributed by atoms with E-state index in [0.29, 0.717) is 0 Å². The second-order valence-corrected chi connectivity index (χ2v) is 6.88. The van der Waals surface area contributed by atoms with Crippen molar-refractivity contribution in [1.29, 1.82) is 5.41 Å². The molecule has 6 N–H and O–H groups in total. The lowest BCUT2D eigenvalue weighted by atomic mass is 10.4. The van der Waals surface area contributed by atoms with Crippen molar-refractivity contribution in [3.63, 3.8) is 0 Å². The molecule has 0 aliphatic heterocycles. The van der Waals surface area contributed by atoms with Crippen LogP contribution in [-0.2, 0) is 4.79 Å². The van der Waals surface area contributed by atoms with Crippen LogP contribution in [0.2, 0.25) is 19.1 Å². The van der Waals surface area contributed by atoms with Gasteiger partial charge in [-0.2, -0.15) is 0 Å². The van der Waals surface area contributed by atoms with Gasteiger partial charge in [0.15, 0.2) is 5.96 Å². The van der Waals surface area contributed by atoms with E-state index in [2.05, 4.69) is 31.5 Å². The van der Waals surface area contributed by atoms with Crippen LogP contribution in [0.5, 0.6) is 0 Å². The summed E-state index contributed by atoms with van der Waals surface area (Å²) in [7, 11) is -0.188. The van der Waals surface area contributed by atoms with E-state index in [4.69, 9.17) is 15.3 Å². The molecule has 0 spiro atoms. The van der Waals surface area contributed by atoms with E-state index in [0.717, 1.165) is 6.92 Å². The Labute approximate surface area is 94.0 Å². The van der Waals surface area contributed by atoms with E-state index in [1.165, 1.54) is 18.9 Å². The number of nitrogens with one attached hydrogen (secondary N) is 1. The molecule has 0 fully saturated rings. The van der Waals surface area contributed by atoms with Crippen molar-refractivity contribution in [2.24, 2.45) is 11.5 Å². The SMILES string of the molecule is CC(=O)O.CCCC[SiH](C)C.N=C(N)N. The number of nitrogens with two attached hydrogens (primary N) is 2. The van der Waals surface area contributed by atoms with E-state index >= 15 is 0 Å². The van der Waals surface area contributed by atoms with Crippen LogP contribution in [0.1, 0.15) is 26.7 Å². The lowest BCUT2D eigenvalue weighted by Crippen LogP contribution is -2.20. The Hall–Kier alpha value is -1.04. The Balaban J connectivity index is -0.000000155. The van der Waals surface area contributed by atoms with Crippen molar-refractivity contribution in [3.05, 3.63) is 0 Å². The molecule has 0 amide bonds. The third kappa shape index (κ3) is 178. The lowest BCUT2D eigenvalue weighted by molar-refractivity contribution is -0.134. The molecule has 92 valence electrons. The van der Waals surface area contributed by atoms with Crippen LogP contribution >= 0.6 is 0 Å². The standard InChI is InChI=1S/C6H16Si.C2H4O2.CH5N3/c1-4-5-6-7(2)3;1-2(3)4;2-1(3)4/h7H,4-6H2,1-3H3;1H3,(H,3,4);(H5,2,3,4). The van der Waals surface area contributed by atoms with Crippen LogP contribution in [-0.4, -0.2) is 25.8 Å². The molecule has 0 rings (SSSR count). The van der Waals surface area contributed by atoms with Gasteiger partial charge in [-0.25, -0.2) is 0 Å². The highest BCUT2D eigenvalue weighted by Crippen LogP contribution is 1.98. The summed E-state index contributed by atoms with van der Waals surface area (Å²) in [6, 6.07) is 1.54. The molecule has 15 heavy (non-hydrogen) atoms. The van der Waals surface area contributed by atoms with Crippen LogP contribution < -0.4 is 11.5 Å². The molecule has 0 aromatic carbocycles. The molecular weight excluding hydrogens is 210 g/mol. The van der Waals surface area contributed by atoms with Gasteiger partial charge in [-0.15, -0.1) is 0 Å². The van der Waals surface area contributed by atoms with E-state index in [-0.39, 0.29) is 14.8 Å². The average molecular weight is 235 g/mol. The molecule has 0 aliphatic rings. The first-order chi connectivity index (χ1) is 6.73. The number of carboxylic acids is 1. The number of carbonyl (C=O) groups is 1. The summed E-state index contributed by atoms with van der Waals surface area (Å²) in [5.41, 5.74) is 8.94. The highest BCUT2D eigenvalue weighted by Gasteiger charge is 1.90. The average Bonchev–Trinajstić information content (AvgIpc) is 1.98. The number of rotatable bonds is 3. The maximum absolute atomic E-state index is 9.00. The second-order valence-electron chi connectivity index (χ2n) is 3.51. The lowest BCUT2D eigenvalue weighted by Gasteiger charge is -1.97. The molecule has 0 bridgehead atoms. The summed E-state index contributed by atoms with van der Waals surface area (Å²) in [5.74, 6) is -1.17. The van der Waals surface area contributed by atoms with Crippen LogP contribution in [0, 0.1) is 5.41 Å². The molecular formula is C9H25N3O2Si. The monoisotopic (exact) mass is 235 g/mol. The van der Waals surface area contributed by atoms with Crippen molar-refractivity contribution >= 4 is 20.7 Å². The Kier molecular flexibility index (Phi) is 20.1. The molecule has 0 saturated carbocycles. The minimum absolute atomic E-state index is 0.188. The van der Waals surface area contributed by atoms with Crippen LogP contribution in [0.25, 0.3) is 0 Å². The summed E-state index contributed by atoms with van der Waals surface area (Å²) >= 11 is 0. The fourth-order valence-electron chi connectivity index (χ4n) is 0.612. The Morgan fingerprint density at radius 2 is 1.67 bits per heavy atom. The van der Waals surface area contributed by atoms with Gasteiger partial charge in [0.05, 0.1) is 0 Å². The maximum atomic E-state index is 9.00. The number of aliphatic carboxylic acids is 1. The predicted octanol–water partition coefficient (Wildman–Crippen LogP) is 1.20. The minimum atomic E-state index is -0.833. The molecule has 0 atom stereocenters. The summed E-state index contributed by atoms with van der Waals surface area (Å²) in [6.07, 6.45) is 2.84. The van der Waals surface area contributed by atoms with E-state index < -0.39 is 5.97 Å². The van der Waals surface area contributed by atoms with Gasteiger partial charge >= 0.3 is 0 Å². The van der Waals surface area contributed by atoms with Crippen LogP contribution in [0.15, 0.2) is 0 Å². The summed E-state index contributed by atoms with van der Waals surface area (Å²) in [6.45, 7) is 8.17. The first-order valence-corrected chi connectivity index (χ1v) is 8.15. The zero-order chi connectivity index (χ0) is 12.9. The van der Waals surface area contributed by atoms with Gasteiger partial charge in [0.2, 0.25) is 0 Å². The van der Waals surface area contributed by atoms with Crippen molar-refractivity contribution in [3.8, 4) is 0 Å². The van der Waals surface area contributed by atoms with E-state index in [1.54, 1.807) is 0 Å². The second kappa shape index (κ2) is 15.4. The Morgan fingerprint density at radius 3 is 1.73 bits per heavy atom. The first kappa shape index (κ1) is 19.5. The molecule has 0 radical (unpaired) electrons. The normalized spacial score (nSPS) is 8.07. The number of hydrogen-bond donors (Lipinski definition) is 4. The minimum Gasteiger partial charge on any atom is -0.481 e. The number of guanidine groups is 1. The molecule has 0 aromatic heterocycles. The van der Waals surface area contributed by atoms with Gasteiger partial charge in [0.1, 0.15) is 0 Å². The molecule has 0 heterocycles. The highest BCUT2D eigenvalue weighted by atomic mass is 28.3. The Bertz CT molecular complexity index is 143. The van der Waals surface area contributed by atoms with E-state index in [1.807, 2.05) is 0 Å². The van der Waals surface area contributed by atoms with E-state index in [9.17, 15) is 0 Å². The number of carboxylic acid groups (broad SMARTS) is 1. The smallest absolute Gasteiger partial charge is 0.300 e. The Morgan fingerprint density at radius 1 is 1.40 bits per heavy atom. The summed E-state index contributed by atoms with van der Waals surface area (Å²) < 4.78 is 0. The zero-order valence-corrected chi connectivity index (χ0v) is 11.4. The summed E-state index contributed by atoms with van der Waals surface area (Å²) in [5, 5.41) is 13.5. The summed E-state index contributed by atoms with van der Waals surface area (Å²) in [4.78, 5) is 9.00. The molecule has 5 nitrogen and oxygen atoms in total. The van der Waals surface area contributed by atoms with Crippen molar-refractivity contribution < 1.29 is 9.90 Å². The van der Waals surface area contributed by atoms with Gasteiger partial charge in [0.25, 0.3) is 5.97 Å². The zero-order valence-electron chi connectivity index (χ0n) is 10.2. The third-order valence-corrected chi connectivity index (χ3v) is 2.70. The van der Waals surface area contributed by atoms with Gasteiger partial charge in [-0.3, -0.25) is 10.2 Å². The van der Waals surface area contributed by atoms with Gasteiger partial charge < -0.3 is 16.6 Å². The predicted molar refractivity (Wildman–Crippen MR) is 68.0 cm³/mol. The molecule has 6 heteroatoms. The van der Waals surface area contributed by atoms with Gasteiger partial charge in [-0.1, -0.05) is 38.9 Å². The maximum Gasteiger partial charge on any atom is 0.300 e.